The fourth-order valence-corrected chi connectivity index (χ4v) is 2.93. The zero-order chi connectivity index (χ0) is 18.9. The molecular formula is C23H21N3O. The molecule has 134 valence electrons. The van der Waals surface area contributed by atoms with Crippen LogP contribution in [0.15, 0.2) is 84.9 Å². The Morgan fingerprint density at radius 3 is 1.89 bits per heavy atom. The molecule has 1 amide bonds. The molecule has 3 rings (SSSR count). The first kappa shape index (κ1) is 18.4. The lowest BCUT2D eigenvalue weighted by Gasteiger charge is -2.22. The molecule has 0 aliphatic carbocycles. The summed E-state index contributed by atoms with van der Waals surface area (Å²) in [6.45, 7) is 1.58. The second-order valence-electron chi connectivity index (χ2n) is 6.32. The van der Waals surface area contributed by atoms with Crippen LogP contribution in [0.2, 0.25) is 0 Å². The van der Waals surface area contributed by atoms with Gasteiger partial charge in [0.25, 0.3) is 0 Å². The number of hydrogen-bond acceptors (Lipinski definition) is 3. The lowest BCUT2D eigenvalue weighted by atomic mass is 10.1. The molecule has 0 aliphatic heterocycles. The Morgan fingerprint density at radius 1 is 0.815 bits per heavy atom. The molecule has 0 aromatic heterocycles. The first-order valence-electron chi connectivity index (χ1n) is 8.84. The number of para-hydroxylation sites is 1. The van der Waals surface area contributed by atoms with Crippen molar-refractivity contribution < 1.29 is 4.79 Å². The molecule has 3 aromatic carbocycles. The van der Waals surface area contributed by atoms with Gasteiger partial charge in [-0.2, -0.15) is 5.26 Å². The van der Waals surface area contributed by atoms with Crippen molar-refractivity contribution >= 4 is 11.6 Å². The first-order valence-corrected chi connectivity index (χ1v) is 8.84. The second kappa shape index (κ2) is 9.33. The molecule has 4 heteroatoms. The highest BCUT2D eigenvalue weighted by Gasteiger charge is 2.13. The maximum absolute atomic E-state index is 12.6. The van der Waals surface area contributed by atoms with Gasteiger partial charge in [-0.05, 0) is 23.3 Å². The van der Waals surface area contributed by atoms with Crippen LogP contribution in [0.4, 0.5) is 5.69 Å². The van der Waals surface area contributed by atoms with E-state index in [1.54, 1.807) is 18.2 Å². The molecular weight excluding hydrogens is 334 g/mol. The lowest BCUT2D eigenvalue weighted by molar-refractivity contribution is -0.117. The lowest BCUT2D eigenvalue weighted by Crippen LogP contribution is -2.32. The smallest absolute Gasteiger partial charge is 0.238 e. The van der Waals surface area contributed by atoms with Gasteiger partial charge >= 0.3 is 0 Å². The summed E-state index contributed by atoms with van der Waals surface area (Å²) < 4.78 is 0. The van der Waals surface area contributed by atoms with Crippen LogP contribution in [0.25, 0.3) is 0 Å². The van der Waals surface area contributed by atoms with Gasteiger partial charge < -0.3 is 5.32 Å². The van der Waals surface area contributed by atoms with Gasteiger partial charge in [0.1, 0.15) is 6.07 Å². The van der Waals surface area contributed by atoms with E-state index in [0.29, 0.717) is 24.3 Å². The van der Waals surface area contributed by atoms with Crippen molar-refractivity contribution in [2.45, 2.75) is 13.1 Å². The van der Waals surface area contributed by atoms with Gasteiger partial charge in [0.15, 0.2) is 0 Å². The highest BCUT2D eigenvalue weighted by Crippen LogP contribution is 2.14. The van der Waals surface area contributed by atoms with E-state index >= 15 is 0 Å². The number of carbonyl (C=O) groups is 1. The van der Waals surface area contributed by atoms with Crippen LogP contribution < -0.4 is 5.32 Å². The highest BCUT2D eigenvalue weighted by molar-refractivity contribution is 5.93. The van der Waals surface area contributed by atoms with Gasteiger partial charge in [-0.15, -0.1) is 0 Å². The standard InChI is InChI=1S/C23H21N3O/c24-15-21-13-7-8-14-22(21)25-23(27)18-26(16-19-9-3-1-4-10-19)17-20-11-5-2-6-12-20/h1-14H,16-18H2,(H,25,27). The summed E-state index contributed by atoms with van der Waals surface area (Å²) in [5.41, 5.74) is 3.31. The number of rotatable bonds is 7. The topological polar surface area (TPSA) is 56.1 Å². The summed E-state index contributed by atoms with van der Waals surface area (Å²) in [5.74, 6) is -0.135. The Morgan fingerprint density at radius 2 is 1.33 bits per heavy atom. The minimum Gasteiger partial charge on any atom is -0.324 e. The van der Waals surface area contributed by atoms with Crippen molar-refractivity contribution in [3.05, 3.63) is 102 Å². The average Bonchev–Trinajstić information content (AvgIpc) is 2.70. The number of benzene rings is 3. The van der Waals surface area contributed by atoms with E-state index in [4.69, 9.17) is 0 Å². The Kier molecular flexibility index (Phi) is 6.35. The van der Waals surface area contributed by atoms with Crippen molar-refractivity contribution in [1.29, 1.82) is 5.26 Å². The predicted molar refractivity (Wildman–Crippen MR) is 107 cm³/mol. The summed E-state index contributed by atoms with van der Waals surface area (Å²) in [5, 5.41) is 12.1. The zero-order valence-corrected chi connectivity index (χ0v) is 15.0. The van der Waals surface area contributed by atoms with Gasteiger partial charge in [0.2, 0.25) is 5.91 Å². The molecule has 1 N–H and O–H groups in total. The number of nitriles is 1. The van der Waals surface area contributed by atoms with Crippen molar-refractivity contribution in [3.63, 3.8) is 0 Å². The van der Waals surface area contributed by atoms with Crippen LogP contribution in [0.1, 0.15) is 16.7 Å². The molecule has 0 saturated carbocycles. The summed E-state index contributed by atoms with van der Waals surface area (Å²) in [6.07, 6.45) is 0. The first-order chi connectivity index (χ1) is 13.2. The van der Waals surface area contributed by atoms with E-state index in [-0.39, 0.29) is 12.5 Å². The van der Waals surface area contributed by atoms with Crippen LogP contribution in [0.5, 0.6) is 0 Å². The molecule has 0 heterocycles. The largest absolute Gasteiger partial charge is 0.324 e. The molecule has 0 atom stereocenters. The van der Waals surface area contributed by atoms with Crippen molar-refractivity contribution in [2.75, 3.05) is 11.9 Å². The minimum atomic E-state index is -0.135. The zero-order valence-electron chi connectivity index (χ0n) is 15.0. The molecule has 3 aromatic rings. The van der Waals surface area contributed by atoms with E-state index in [9.17, 15) is 10.1 Å². The monoisotopic (exact) mass is 355 g/mol. The van der Waals surface area contributed by atoms with E-state index in [1.807, 2.05) is 42.5 Å². The Labute approximate surface area is 159 Å². The van der Waals surface area contributed by atoms with E-state index in [0.717, 1.165) is 11.1 Å². The van der Waals surface area contributed by atoms with Crippen LogP contribution in [-0.4, -0.2) is 17.4 Å². The molecule has 0 fully saturated rings. The van der Waals surface area contributed by atoms with E-state index < -0.39 is 0 Å². The van der Waals surface area contributed by atoms with Gasteiger partial charge in [-0.3, -0.25) is 9.69 Å². The normalized spacial score (nSPS) is 10.4. The fourth-order valence-electron chi connectivity index (χ4n) is 2.93. The third-order valence-corrected chi connectivity index (χ3v) is 4.19. The quantitative estimate of drug-likeness (QED) is 0.691. The maximum Gasteiger partial charge on any atom is 0.238 e. The Balaban J connectivity index is 1.72. The SMILES string of the molecule is N#Cc1ccccc1NC(=O)CN(Cc1ccccc1)Cc1ccccc1. The van der Waals surface area contributed by atoms with Crippen LogP contribution in [0, 0.1) is 11.3 Å². The fraction of sp³-hybridized carbons (Fsp3) is 0.130. The Hall–Kier alpha value is -3.42. The second-order valence-corrected chi connectivity index (χ2v) is 6.32. The number of anilines is 1. The summed E-state index contributed by atoms with van der Waals surface area (Å²) in [7, 11) is 0. The molecule has 0 unspecified atom stereocenters. The molecule has 27 heavy (non-hydrogen) atoms. The maximum atomic E-state index is 12.6. The van der Waals surface area contributed by atoms with Gasteiger partial charge in [-0.25, -0.2) is 0 Å². The molecule has 0 spiro atoms. The molecule has 0 bridgehead atoms. The number of nitrogens with one attached hydrogen (secondary N) is 1. The third-order valence-electron chi connectivity index (χ3n) is 4.19. The molecule has 0 radical (unpaired) electrons. The van der Waals surface area contributed by atoms with E-state index in [2.05, 4.69) is 40.6 Å². The third kappa shape index (κ3) is 5.53. The molecule has 0 saturated heterocycles. The molecule has 4 nitrogen and oxygen atoms in total. The predicted octanol–water partition coefficient (Wildman–Crippen LogP) is 4.20. The van der Waals surface area contributed by atoms with Crippen molar-refractivity contribution in [2.24, 2.45) is 0 Å². The summed E-state index contributed by atoms with van der Waals surface area (Å²) >= 11 is 0. The molecule has 0 aliphatic rings. The van der Waals surface area contributed by atoms with Crippen LogP contribution in [-0.2, 0) is 17.9 Å². The average molecular weight is 355 g/mol. The summed E-state index contributed by atoms with van der Waals surface area (Å²) in [4.78, 5) is 14.7. The number of hydrogen-bond donors (Lipinski definition) is 1. The van der Waals surface area contributed by atoms with Gasteiger partial charge in [0.05, 0.1) is 17.8 Å². The number of nitrogens with zero attached hydrogens (tertiary/aromatic N) is 2. The van der Waals surface area contributed by atoms with Crippen molar-refractivity contribution in [3.8, 4) is 6.07 Å². The van der Waals surface area contributed by atoms with E-state index in [1.165, 1.54) is 0 Å². The van der Waals surface area contributed by atoms with Gasteiger partial charge in [-0.1, -0.05) is 72.8 Å². The number of amides is 1. The Bertz CT molecular complexity index is 876. The van der Waals surface area contributed by atoms with Crippen molar-refractivity contribution in [1.82, 2.24) is 4.90 Å². The number of carbonyl (C=O) groups excluding carboxylic acids is 1. The van der Waals surface area contributed by atoms with Crippen LogP contribution >= 0.6 is 0 Å². The van der Waals surface area contributed by atoms with Crippen LogP contribution in [0.3, 0.4) is 0 Å². The van der Waals surface area contributed by atoms with Gasteiger partial charge in [0, 0.05) is 13.1 Å². The summed E-state index contributed by atoms with van der Waals surface area (Å²) in [6, 6.07) is 29.3. The highest BCUT2D eigenvalue weighted by atomic mass is 16.2. The minimum absolute atomic E-state index is 0.135.